The van der Waals surface area contributed by atoms with E-state index < -0.39 is 0 Å². The molecule has 1 aliphatic rings. The van der Waals surface area contributed by atoms with Crippen molar-refractivity contribution in [3.8, 4) is 0 Å². The highest BCUT2D eigenvalue weighted by Crippen LogP contribution is 2.25. The first kappa shape index (κ1) is 17.5. The molecule has 136 valence electrons. The van der Waals surface area contributed by atoms with Gasteiger partial charge in [-0.05, 0) is 67.0 Å². The van der Waals surface area contributed by atoms with Crippen LogP contribution in [0.2, 0.25) is 0 Å². The molecule has 0 spiro atoms. The molecule has 0 fully saturated rings. The maximum absolute atomic E-state index is 13.1. The third kappa shape index (κ3) is 3.95. The molecule has 4 rings (SSSR count). The lowest BCUT2D eigenvalue weighted by Gasteiger charge is -2.21. The summed E-state index contributed by atoms with van der Waals surface area (Å²) in [6, 6.07) is 24.6. The number of fused-ring (bicyclic) bond motifs is 1. The average Bonchev–Trinajstić information content (AvgIpc) is 2.72. The molecule has 0 saturated carbocycles. The predicted octanol–water partition coefficient (Wildman–Crippen LogP) is 5.39. The van der Waals surface area contributed by atoms with Crippen molar-refractivity contribution in [2.75, 3.05) is 0 Å². The van der Waals surface area contributed by atoms with Gasteiger partial charge in [-0.25, -0.2) is 0 Å². The lowest BCUT2D eigenvalue weighted by molar-refractivity contribution is 0.0943. The van der Waals surface area contributed by atoms with Crippen molar-refractivity contribution in [2.24, 2.45) is 0 Å². The van der Waals surface area contributed by atoms with E-state index in [0.29, 0.717) is 0 Å². The summed E-state index contributed by atoms with van der Waals surface area (Å²) in [7, 11) is 0. The van der Waals surface area contributed by atoms with Crippen LogP contribution in [0.3, 0.4) is 0 Å². The number of carbonyl (C=O) groups excluding carboxylic acids is 1. The summed E-state index contributed by atoms with van der Waals surface area (Å²) in [5, 5.41) is 3.26. The van der Waals surface area contributed by atoms with E-state index in [1.807, 2.05) is 30.3 Å². The molecule has 3 aromatic carbocycles. The molecule has 1 amide bonds. The topological polar surface area (TPSA) is 29.1 Å². The first-order valence-electron chi connectivity index (χ1n) is 9.75. The Bertz CT molecular complexity index is 946. The highest BCUT2D eigenvalue weighted by molar-refractivity contribution is 5.95. The molecule has 1 atom stereocenters. The van der Waals surface area contributed by atoms with Crippen LogP contribution in [-0.2, 0) is 12.8 Å². The molecule has 0 bridgehead atoms. The van der Waals surface area contributed by atoms with Gasteiger partial charge in [-0.15, -0.1) is 0 Å². The summed E-state index contributed by atoms with van der Waals surface area (Å²) >= 11 is 0. The second kappa shape index (κ2) is 7.79. The molecular weight excluding hydrogens is 330 g/mol. The number of benzene rings is 3. The van der Waals surface area contributed by atoms with Gasteiger partial charge in [-0.2, -0.15) is 0 Å². The van der Waals surface area contributed by atoms with Gasteiger partial charge in [0, 0.05) is 5.56 Å². The number of amides is 1. The van der Waals surface area contributed by atoms with Gasteiger partial charge in [0.1, 0.15) is 0 Å². The van der Waals surface area contributed by atoms with Gasteiger partial charge in [-0.3, -0.25) is 4.79 Å². The van der Waals surface area contributed by atoms with E-state index in [2.05, 4.69) is 54.7 Å². The molecule has 0 aromatic heterocycles. The van der Waals surface area contributed by atoms with Gasteiger partial charge >= 0.3 is 0 Å². The average molecular weight is 355 g/mol. The summed E-state index contributed by atoms with van der Waals surface area (Å²) < 4.78 is 0. The smallest absolute Gasteiger partial charge is 0.252 e. The van der Waals surface area contributed by atoms with Crippen molar-refractivity contribution in [1.29, 1.82) is 0 Å². The van der Waals surface area contributed by atoms with Crippen molar-refractivity contribution in [2.45, 2.75) is 38.6 Å². The van der Waals surface area contributed by atoms with E-state index in [-0.39, 0.29) is 11.9 Å². The van der Waals surface area contributed by atoms with E-state index in [4.69, 9.17) is 0 Å². The lowest BCUT2D eigenvalue weighted by atomic mass is 9.90. The van der Waals surface area contributed by atoms with Gasteiger partial charge < -0.3 is 5.32 Å². The number of hydrogen-bond acceptors (Lipinski definition) is 1. The van der Waals surface area contributed by atoms with Crippen LogP contribution < -0.4 is 5.32 Å². The molecule has 0 saturated heterocycles. The molecule has 2 heteroatoms. The minimum atomic E-state index is -0.158. The van der Waals surface area contributed by atoms with Crippen LogP contribution in [0.25, 0.3) is 0 Å². The van der Waals surface area contributed by atoms with Crippen LogP contribution in [0.5, 0.6) is 0 Å². The number of carbonyl (C=O) groups is 1. The van der Waals surface area contributed by atoms with E-state index in [1.165, 1.54) is 29.5 Å². The van der Waals surface area contributed by atoms with E-state index >= 15 is 0 Å². The Balaban J connectivity index is 1.64. The van der Waals surface area contributed by atoms with Crippen molar-refractivity contribution >= 4 is 5.91 Å². The van der Waals surface area contributed by atoms with E-state index in [0.717, 1.165) is 29.5 Å². The predicted molar refractivity (Wildman–Crippen MR) is 110 cm³/mol. The zero-order valence-electron chi connectivity index (χ0n) is 15.7. The standard InChI is InChI=1S/C25H25NO/c1-18-8-7-13-22(16-18)24(20-10-3-2-4-11-20)26-25(27)23-15-14-19-9-5-6-12-21(19)17-23/h2-4,7-8,10-11,13-17,24H,5-6,9,12H2,1H3,(H,26,27). The Kier molecular flexibility index (Phi) is 5.06. The lowest BCUT2D eigenvalue weighted by Crippen LogP contribution is -2.29. The molecule has 0 heterocycles. The third-order valence-corrected chi connectivity index (χ3v) is 5.39. The van der Waals surface area contributed by atoms with E-state index in [9.17, 15) is 4.79 Å². The molecule has 1 aliphatic carbocycles. The summed E-state index contributed by atoms with van der Waals surface area (Å²) in [5.74, 6) is -0.0151. The first-order chi connectivity index (χ1) is 13.2. The summed E-state index contributed by atoms with van der Waals surface area (Å²) in [4.78, 5) is 13.1. The molecule has 0 aliphatic heterocycles. The largest absolute Gasteiger partial charge is 0.341 e. The Morgan fingerprint density at radius 1 is 0.815 bits per heavy atom. The van der Waals surface area contributed by atoms with Crippen LogP contribution in [0.1, 0.15) is 57.1 Å². The quantitative estimate of drug-likeness (QED) is 0.667. The van der Waals surface area contributed by atoms with Crippen LogP contribution in [0, 0.1) is 6.92 Å². The number of aryl methyl sites for hydroxylation is 3. The first-order valence-corrected chi connectivity index (χ1v) is 9.75. The van der Waals surface area contributed by atoms with Crippen molar-refractivity contribution < 1.29 is 4.79 Å². The molecule has 3 aromatic rings. The molecule has 0 radical (unpaired) electrons. The number of hydrogen-bond donors (Lipinski definition) is 1. The Morgan fingerprint density at radius 2 is 1.56 bits per heavy atom. The Hall–Kier alpha value is -2.87. The van der Waals surface area contributed by atoms with Crippen LogP contribution in [0.15, 0.2) is 72.8 Å². The van der Waals surface area contributed by atoms with Crippen LogP contribution in [0.4, 0.5) is 0 Å². The van der Waals surface area contributed by atoms with Gasteiger partial charge in [0.25, 0.3) is 5.91 Å². The second-order valence-electron chi connectivity index (χ2n) is 7.42. The summed E-state index contributed by atoms with van der Waals surface area (Å²) in [5.41, 5.74) is 6.87. The molecule has 2 nitrogen and oxygen atoms in total. The fourth-order valence-electron chi connectivity index (χ4n) is 3.94. The Morgan fingerprint density at radius 3 is 2.33 bits per heavy atom. The maximum atomic E-state index is 13.1. The Labute approximate surface area is 161 Å². The zero-order chi connectivity index (χ0) is 18.6. The van der Waals surface area contributed by atoms with Crippen molar-refractivity contribution in [3.63, 3.8) is 0 Å². The van der Waals surface area contributed by atoms with Gasteiger partial charge in [0.2, 0.25) is 0 Å². The van der Waals surface area contributed by atoms with Crippen molar-refractivity contribution in [3.05, 3.63) is 106 Å². The highest BCUT2D eigenvalue weighted by Gasteiger charge is 2.19. The van der Waals surface area contributed by atoms with Gasteiger partial charge in [0.05, 0.1) is 6.04 Å². The summed E-state index contributed by atoms with van der Waals surface area (Å²) in [6.45, 7) is 2.08. The summed E-state index contributed by atoms with van der Waals surface area (Å²) in [6.07, 6.45) is 4.68. The highest BCUT2D eigenvalue weighted by atomic mass is 16.1. The van der Waals surface area contributed by atoms with Crippen LogP contribution in [-0.4, -0.2) is 5.91 Å². The van der Waals surface area contributed by atoms with E-state index in [1.54, 1.807) is 0 Å². The van der Waals surface area contributed by atoms with Gasteiger partial charge in [-0.1, -0.05) is 66.2 Å². The maximum Gasteiger partial charge on any atom is 0.252 e. The number of nitrogens with one attached hydrogen (secondary N) is 1. The minimum Gasteiger partial charge on any atom is -0.341 e. The van der Waals surface area contributed by atoms with Crippen molar-refractivity contribution in [1.82, 2.24) is 5.32 Å². The monoisotopic (exact) mass is 355 g/mol. The fraction of sp³-hybridized carbons (Fsp3) is 0.240. The van der Waals surface area contributed by atoms with Gasteiger partial charge in [0.15, 0.2) is 0 Å². The molecule has 1 unspecified atom stereocenters. The van der Waals surface area contributed by atoms with Crippen LogP contribution >= 0.6 is 0 Å². The second-order valence-corrected chi connectivity index (χ2v) is 7.42. The zero-order valence-corrected chi connectivity index (χ0v) is 15.7. The minimum absolute atomic E-state index is 0.0151. The SMILES string of the molecule is Cc1cccc(C(NC(=O)c2ccc3c(c2)CCCC3)c2ccccc2)c1. The fourth-order valence-corrected chi connectivity index (χ4v) is 3.94. The molecular formula is C25H25NO. The number of rotatable bonds is 4. The molecule has 27 heavy (non-hydrogen) atoms. The molecule has 1 N–H and O–H groups in total. The third-order valence-electron chi connectivity index (χ3n) is 5.39. The normalized spacial score (nSPS) is 14.3.